The van der Waals surface area contributed by atoms with Crippen molar-refractivity contribution in [2.24, 2.45) is 5.92 Å². The van der Waals surface area contributed by atoms with Crippen LogP contribution in [0.25, 0.3) is 11.3 Å². The molecule has 0 spiro atoms. The second-order valence-electron chi connectivity index (χ2n) is 6.58. The fourth-order valence-corrected chi connectivity index (χ4v) is 3.91. The molecule has 0 unspecified atom stereocenters. The van der Waals surface area contributed by atoms with E-state index in [2.05, 4.69) is 25.4 Å². The molecule has 1 N–H and O–H groups in total. The first-order valence-electron chi connectivity index (χ1n) is 9.09. The van der Waals surface area contributed by atoms with Crippen molar-refractivity contribution >= 4 is 23.1 Å². The maximum atomic E-state index is 12.4. The van der Waals surface area contributed by atoms with Crippen LogP contribution < -0.4 is 10.2 Å². The van der Waals surface area contributed by atoms with Gasteiger partial charge in [-0.3, -0.25) is 9.78 Å². The molecular formula is C20H21N5OS. The average Bonchev–Trinajstić information content (AvgIpc) is 3.27. The minimum Gasteiger partial charge on any atom is -0.355 e. The van der Waals surface area contributed by atoms with Crippen molar-refractivity contribution in [3.63, 3.8) is 0 Å². The Morgan fingerprint density at radius 1 is 1.15 bits per heavy atom. The summed E-state index contributed by atoms with van der Waals surface area (Å²) >= 11 is 1.67. The van der Waals surface area contributed by atoms with E-state index in [0.717, 1.165) is 43.0 Å². The van der Waals surface area contributed by atoms with E-state index in [1.165, 1.54) is 4.88 Å². The quantitative estimate of drug-likeness (QED) is 0.737. The summed E-state index contributed by atoms with van der Waals surface area (Å²) in [6, 6.07) is 11.9. The monoisotopic (exact) mass is 379 g/mol. The highest BCUT2D eigenvalue weighted by atomic mass is 32.1. The molecule has 1 fully saturated rings. The maximum Gasteiger partial charge on any atom is 0.223 e. The number of nitrogens with zero attached hydrogens (tertiary/aromatic N) is 4. The van der Waals surface area contributed by atoms with E-state index in [-0.39, 0.29) is 11.8 Å². The summed E-state index contributed by atoms with van der Waals surface area (Å²) in [5, 5.41) is 13.8. The number of rotatable bonds is 5. The van der Waals surface area contributed by atoms with Gasteiger partial charge in [0.05, 0.1) is 12.2 Å². The molecule has 6 nitrogen and oxygen atoms in total. The molecule has 3 aromatic heterocycles. The number of nitrogens with one attached hydrogen (secondary N) is 1. The largest absolute Gasteiger partial charge is 0.355 e. The first kappa shape index (κ1) is 17.6. The summed E-state index contributed by atoms with van der Waals surface area (Å²) < 4.78 is 0. The van der Waals surface area contributed by atoms with Crippen molar-refractivity contribution in [2.45, 2.75) is 19.4 Å². The summed E-state index contributed by atoms with van der Waals surface area (Å²) in [6.07, 6.45) is 5.20. The molecule has 4 rings (SSSR count). The molecular weight excluding hydrogens is 358 g/mol. The van der Waals surface area contributed by atoms with E-state index in [0.29, 0.717) is 6.54 Å². The highest BCUT2D eigenvalue weighted by Crippen LogP contribution is 2.23. The van der Waals surface area contributed by atoms with Crippen molar-refractivity contribution in [1.29, 1.82) is 0 Å². The van der Waals surface area contributed by atoms with Gasteiger partial charge in [-0.05, 0) is 48.6 Å². The predicted molar refractivity (Wildman–Crippen MR) is 106 cm³/mol. The number of anilines is 1. The summed E-state index contributed by atoms with van der Waals surface area (Å²) in [7, 11) is 0. The highest BCUT2D eigenvalue weighted by molar-refractivity contribution is 7.09. The fourth-order valence-electron chi connectivity index (χ4n) is 3.26. The lowest BCUT2D eigenvalue weighted by Crippen LogP contribution is -2.40. The van der Waals surface area contributed by atoms with Gasteiger partial charge < -0.3 is 10.2 Å². The topological polar surface area (TPSA) is 71.0 Å². The number of aromatic nitrogens is 3. The van der Waals surface area contributed by atoms with Gasteiger partial charge in [-0.15, -0.1) is 21.5 Å². The third-order valence-corrected chi connectivity index (χ3v) is 5.69. The molecule has 4 heterocycles. The zero-order chi connectivity index (χ0) is 18.5. The number of carbonyl (C=O) groups excluding carboxylic acids is 1. The molecule has 1 aliphatic rings. The van der Waals surface area contributed by atoms with Gasteiger partial charge in [0.1, 0.15) is 0 Å². The number of amides is 1. The van der Waals surface area contributed by atoms with Crippen LogP contribution in [0.15, 0.2) is 54.2 Å². The molecule has 0 bridgehead atoms. The van der Waals surface area contributed by atoms with E-state index in [1.54, 1.807) is 23.7 Å². The Labute approximate surface area is 162 Å². The molecule has 0 radical (unpaired) electrons. The van der Waals surface area contributed by atoms with Crippen LogP contribution in [0.1, 0.15) is 17.7 Å². The molecule has 1 saturated heterocycles. The van der Waals surface area contributed by atoms with E-state index in [1.807, 2.05) is 41.8 Å². The van der Waals surface area contributed by atoms with E-state index >= 15 is 0 Å². The third-order valence-electron chi connectivity index (χ3n) is 4.81. The van der Waals surface area contributed by atoms with Crippen molar-refractivity contribution in [3.8, 4) is 11.3 Å². The Morgan fingerprint density at radius 3 is 2.70 bits per heavy atom. The van der Waals surface area contributed by atoms with E-state index in [9.17, 15) is 4.79 Å². The Hall–Kier alpha value is -2.80. The van der Waals surface area contributed by atoms with Gasteiger partial charge in [-0.25, -0.2) is 0 Å². The summed E-state index contributed by atoms with van der Waals surface area (Å²) in [6.45, 7) is 2.26. The number of piperidine rings is 1. The van der Waals surface area contributed by atoms with Crippen LogP contribution in [-0.4, -0.2) is 34.2 Å². The molecule has 138 valence electrons. The maximum absolute atomic E-state index is 12.4. The van der Waals surface area contributed by atoms with Crippen LogP contribution in [0.3, 0.4) is 0 Å². The molecule has 0 aromatic carbocycles. The van der Waals surface area contributed by atoms with Crippen molar-refractivity contribution in [1.82, 2.24) is 20.5 Å². The van der Waals surface area contributed by atoms with Crippen LogP contribution in [0, 0.1) is 5.92 Å². The first-order chi connectivity index (χ1) is 13.3. The molecule has 27 heavy (non-hydrogen) atoms. The lowest BCUT2D eigenvalue weighted by molar-refractivity contribution is -0.125. The van der Waals surface area contributed by atoms with E-state index < -0.39 is 0 Å². The standard InChI is InChI=1S/C20H21N5OS/c26-20(22-14-17-4-2-12-27-17)15-7-10-25(11-8-15)19-6-5-18(23-24-19)16-3-1-9-21-13-16/h1-6,9,12-13,15H,7-8,10-11,14H2,(H,22,26). The number of pyridine rings is 1. The summed E-state index contributed by atoms with van der Waals surface area (Å²) in [5.41, 5.74) is 1.77. The van der Waals surface area contributed by atoms with Gasteiger partial charge in [0, 0.05) is 41.8 Å². The third kappa shape index (κ3) is 4.31. The summed E-state index contributed by atoms with van der Waals surface area (Å²) in [4.78, 5) is 19.9. The zero-order valence-electron chi connectivity index (χ0n) is 14.9. The Morgan fingerprint density at radius 2 is 2.04 bits per heavy atom. The lowest BCUT2D eigenvalue weighted by Gasteiger charge is -2.31. The number of thiophene rings is 1. The van der Waals surface area contributed by atoms with Crippen LogP contribution in [-0.2, 0) is 11.3 Å². The first-order valence-corrected chi connectivity index (χ1v) is 9.97. The Balaban J connectivity index is 1.30. The summed E-state index contributed by atoms with van der Waals surface area (Å²) in [5.74, 6) is 1.09. The zero-order valence-corrected chi connectivity index (χ0v) is 15.7. The average molecular weight is 379 g/mol. The van der Waals surface area contributed by atoms with Crippen molar-refractivity contribution < 1.29 is 4.79 Å². The van der Waals surface area contributed by atoms with Crippen molar-refractivity contribution in [2.75, 3.05) is 18.0 Å². The Kier molecular flexibility index (Phi) is 5.39. The molecule has 7 heteroatoms. The predicted octanol–water partition coefficient (Wildman–Crippen LogP) is 3.13. The molecule has 1 amide bonds. The number of hydrogen-bond acceptors (Lipinski definition) is 6. The Bertz CT molecular complexity index is 859. The molecule has 1 aliphatic heterocycles. The van der Waals surface area contributed by atoms with Crippen LogP contribution in [0.2, 0.25) is 0 Å². The smallest absolute Gasteiger partial charge is 0.223 e. The number of carbonyl (C=O) groups is 1. The molecule has 3 aromatic rings. The second-order valence-corrected chi connectivity index (χ2v) is 7.61. The van der Waals surface area contributed by atoms with Crippen LogP contribution in [0.4, 0.5) is 5.82 Å². The van der Waals surface area contributed by atoms with Gasteiger partial charge >= 0.3 is 0 Å². The molecule has 0 aliphatic carbocycles. The normalized spacial score (nSPS) is 14.9. The minimum atomic E-state index is 0.0730. The SMILES string of the molecule is O=C(NCc1cccs1)C1CCN(c2ccc(-c3cccnc3)nn2)CC1. The van der Waals surface area contributed by atoms with Crippen molar-refractivity contribution in [3.05, 3.63) is 59.0 Å². The molecule has 0 atom stereocenters. The van der Waals surface area contributed by atoms with Gasteiger partial charge in [-0.1, -0.05) is 6.07 Å². The van der Waals surface area contributed by atoms with Gasteiger partial charge in [0.25, 0.3) is 0 Å². The van der Waals surface area contributed by atoms with Gasteiger partial charge in [0.15, 0.2) is 5.82 Å². The van der Waals surface area contributed by atoms with Gasteiger partial charge in [-0.2, -0.15) is 0 Å². The lowest BCUT2D eigenvalue weighted by atomic mass is 9.96. The van der Waals surface area contributed by atoms with Crippen LogP contribution >= 0.6 is 11.3 Å². The molecule has 0 saturated carbocycles. The van der Waals surface area contributed by atoms with Crippen LogP contribution in [0.5, 0.6) is 0 Å². The van der Waals surface area contributed by atoms with Gasteiger partial charge in [0.2, 0.25) is 5.91 Å². The second kappa shape index (κ2) is 8.26. The minimum absolute atomic E-state index is 0.0730. The number of hydrogen-bond donors (Lipinski definition) is 1. The highest BCUT2D eigenvalue weighted by Gasteiger charge is 2.25. The fraction of sp³-hybridized carbons (Fsp3) is 0.300. The van der Waals surface area contributed by atoms with E-state index in [4.69, 9.17) is 0 Å².